The van der Waals surface area contributed by atoms with Crippen LogP contribution in [-0.2, 0) is 4.79 Å². The van der Waals surface area contributed by atoms with Crippen molar-refractivity contribution < 1.29 is 14.4 Å². The predicted molar refractivity (Wildman–Crippen MR) is 114 cm³/mol. The molecule has 2 aliphatic heterocycles. The van der Waals surface area contributed by atoms with Crippen LogP contribution in [-0.4, -0.2) is 71.8 Å². The lowest BCUT2D eigenvalue weighted by Gasteiger charge is -2.36. The number of amides is 3. The molecule has 1 saturated heterocycles. The molecular weight excluding hydrogens is 386 g/mol. The predicted octanol–water partition coefficient (Wildman–Crippen LogP) is 2.36. The van der Waals surface area contributed by atoms with Crippen LogP contribution >= 0.6 is 11.8 Å². The topological polar surface area (TPSA) is 60.9 Å². The van der Waals surface area contributed by atoms with Gasteiger partial charge in [-0.15, -0.1) is 0 Å². The summed E-state index contributed by atoms with van der Waals surface area (Å²) < 4.78 is 0. The van der Waals surface area contributed by atoms with Gasteiger partial charge < -0.3 is 9.80 Å². The standard InChI is InChI=1S/C22H23N3O3S/c26-20(24-12-10-23(11-13-24)17-6-2-1-3-7-17)16-29-15-14-25-21(27)18-8-4-5-9-19(18)22(25)28/h1-9H,10-16H2. The molecule has 0 saturated carbocycles. The number of hydrogen-bond acceptors (Lipinski definition) is 5. The maximum Gasteiger partial charge on any atom is 0.261 e. The Hall–Kier alpha value is -2.80. The summed E-state index contributed by atoms with van der Waals surface area (Å²) in [5.41, 5.74) is 2.12. The first-order valence-electron chi connectivity index (χ1n) is 9.76. The van der Waals surface area contributed by atoms with Gasteiger partial charge in [0.1, 0.15) is 0 Å². The Labute approximate surface area is 174 Å². The van der Waals surface area contributed by atoms with Gasteiger partial charge in [-0.05, 0) is 24.3 Å². The molecule has 6 nitrogen and oxygen atoms in total. The summed E-state index contributed by atoms with van der Waals surface area (Å²) in [7, 11) is 0. The highest BCUT2D eigenvalue weighted by Crippen LogP contribution is 2.22. The van der Waals surface area contributed by atoms with Gasteiger partial charge >= 0.3 is 0 Å². The number of para-hydroxylation sites is 1. The molecule has 0 spiro atoms. The van der Waals surface area contributed by atoms with Crippen LogP contribution in [0.3, 0.4) is 0 Å². The molecule has 29 heavy (non-hydrogen) atoms. The van der Waals surface area contributed by atoms with E-state index >= 15 is 0 Å². The monoisotopic (exact) mass is 409 g/mol. The molecule has 0 unspecified atom stereocenters. The number of hydrogen-bond donors (Lipinski definition) is 0. The fraction of sp³-hybridized carbons (Fsp3) is 0.318. The van der Waals surface area contributed by atoms with E-state index in [-0.39, 0.29) is 17.7 Å². The van der Waals surface area contributed by atoms with Crippen LogP contribution in [0.5, 0.6) is 0 Å². The summed E-state index contributed by atoms with van der Waals surface area (Å²) in [6, 6.07) is 17.1. The fourth-order valence-electron chi connectivity index (χ4n) is 3.70. The Morgan fingerprint density at radius 1 is 0.828 bits per heavy atom. The molecule has 0 atom stereocenters. The van der Waals surface area contributed by atoms with Crippen molar-refractivity contribution >= 4 is 35.2 Å². The SMILES string of the molecule is O=C(CSCCN1C(=O)c2ccccc2C1=O)N1CCN(c2ccccc2)CC1. The number of carbonyl (C=O) groups excluding carboxylic acids is 3. The summed E-state index contributed by atoms with van der Waals surface area (Å²) in [6.07, 6.45) is 0. The molecule has 2 aliphatic rings. The van der Waals surface area contributed by atoms with Gasteiger partial charge in [0.15, 0.2) is 0 Å². The highest BCUT2D eigenvalue weighted by Gasteiger charge is 2.34. The smallest absolute Gasteiger partial charge is 0.261 e. The molecular formula is C22H23N3O3S. The number of thioether (sulfide) groups is 1. The number of imide groups is 1. The first-order valence-corrected chi connectivity index (χ1v) is 10.9. The molecule has 7 heteroatoms. The van der Waals surface area contributed by atoms with Crippen LogP contribution in [0.25, 0.3) is 0 Å². The van der Waals surface area contributed by atoms with Gasteiger partial charge in [0.05, 0.1) is 16.9 Å². The third-order valence-electron chi connectivity index (χ3n) is 5.32. The van der Waals surface area contributed by atoms with Crippen molar-refractivity contribution in [2.75, 3.05) is 49.1 Å². The van der Waals surface area contributed by atoms with Crippen molar-refractivity contribution in [1.29, 1.82) is 0 Å². The van der Waals surface area contributed by atoms with Gasteiger partial charge in [0.2, 0.25) is 5.91 Å². The van der Waals surface area contributed by atoms with Crippen LogP contribution < -0.4 is 4.90 Å². The fourth-order valence-corrected chi connectivity index (χ4v) is 4.51. The quantitative estimate of drug-likeness (QED) is 0.542. The van der Waals surface area contributed by atoms with Crippen LogP contribution in [0.4, 0.5) is 5.69 Å². The average molecular weight is 410 g/mol. The Morgan fingerprint density at radius 2 is 1.41 bits per heavy atom. The van der Waals surface area contributed by atoms with Gasteiger partial charge in [-0.3, -0.25) is 19.3 Å². The zero-order valence-corrected chi connectivity index (χ0v) is 16.9. The number of piperazine rings is 1. The van der Waals surface area contributed by atoms with E-state index in [1.54, 1.807) is 24.3 Å². The maximum atomic E-state index is 12.5. The van der Waals surface area contributed by atoms with Crippen molar-refractivity contribution in [2.24, 2.45) is 0 Å². The largest absolute Gasteiger partial charge is 0.368 e. The van der Waals surface area contributed by atoms with E-state index in [0.29, 0.717) is 42.3 Å². The summed E-state index contributed by atoms with van der Waals surface area (Å²) in [4.78, 5) is 42.6. The molecule has 4 rings (SSSR count). The third-order valence-corrected chi connectivity index (χ3v) is 6.24. The lowest BCUT2D eigenvalue weighted by molar-refractivity contribution is -0.128. The maximum absolute atomic E-state index is 12.5. The van der Waals surface area contributed by atoms with E-state index < -0.39 is 0 Å². The highest BCUT2D eigenvalue weighted by atomic mass is 32.2. The zero-order valence-electron chi connectivity index (χ0n) is 16.1. The Bertz CT molecular complexity index is 876. The van der Waals surface area contributed by atoms with Crippen LogP contribution in [0.2, 0.25) is 0 Å². The lowest BCUT2D eigenvalue weighted by atomic mass is 10.1. The van der Waals surface area contributed by atoms with E-state index in [0.717, 1.165) is 13.1 Å². The Balaban J connectivity index is 1.20. The number of carbonyl (C=O) groups is 3. The number of rotatable bonds is 6. The van der Waals surface area contributed by atoms with Gasteiger partial charge in [-0.25, -0.2) is 0 Å². The number of fused-ring (bicyclic) bond motifs is 1. The first-order chi connectivity index (χ1) is 14.1. The van der Waals surface area contributed by atoms with Crippen molar-refractivity contribution in [2.45, 2.75) is 0 Å². The second-order valence-corrected chi connectivity index (χ2v) is 8.17. The molecule has 150 valence electrons. The second kappa shape index (κ2) is 8.69. The molecule has 1 fully saturated rings. The minimum Gasteiger partial charge on any atom is -0.368 e. The van der Waals surface area contributed by atoms with Crippen LogP contribution in [0.1, 0.15) is 20.7 Å². The second-order valence-electron chi connectivity index (χ2n) is 7.06. The van der Waals surface area contributed by atoms with Crippen molar-refractivity contribution in [1.82, 2.24) is 9.80 Å². The number of nitrogens with zero attached hydrogens (tertiary/aromatic N) is 3. The van der Waals surface area contributed by atoms with E-state index in [1.807, 2.05) is 23.1 Å². The number of benzene rings is 2. The Kier molecular flexibility index (Phi) is 5.85. The van der Waals surface area contributed by atoms with Gasteiger partial charge in [0, 0.05) is 44.2 Å². The zero-order chi connectivity index (χ0) is 20.2. The molecule has 0 N–H and O–H groups in total. The summed E-state index contributed by atoms with van der Waals surface area (Å²) in [5, 5.41) is 0. The van der Waals surface area contributed by atoms with Crippen LogP contribution in [0, 0.1) is 0 Å². The molecule has 2 heterocycles. The summed E-state index contributed by atoms with van der Waals surface area (Å²) in [6.45, 7) is 3.41. The lowest BCUT2D eigenvalue weighted by Crippen LogP contribution is -2.49. The molecule has 3 amide bonds. The Morgan fingerprint density at radius 3 is 2.03 bits per heavy atom. The minimum atomic E-state index is -0.241. The van der Waals surface area contributed by atoms with E-state index in [1.165, 1.54) is 22.3 Å². The molecule has 2 aromatic carbocycles. The first kappa shape index (κ1) is 19.5. The molecule has 0 radical (unpaired) electrons. The van der Waals surface area contributed by atoms with E-state index in [9.17, 15) is 14.4 Å². The van der Waals surface area contributed by atoms with Crippen molar-refractivity contribution in [3.8, 4) is 0 Å². The molecule has 0 bridgehead atoms. The minimum absolute atomic E-state index is 0.116. The highest BCUT2D eigenvalue weighted by molar-refractivity contribution is 7.99. The van der Waals surface area contributed by atoms with Gasteiger partial charge in [-0.2, -0.15) is 11.8 Å². The molecule has 0 aliphatic carbocycles. The normalized spacial score (nSPS) is 16.3. The molecule has 2 aromatic rings. The van der Waals surface area contributed by atoms with Gasteiger partial charge in [0.25, 0.3) is 11.8 Å². The third kappa shape index (κ3) is 4.15. The van der Waals surface area contributed by atoms with Gasteiger partial charge in [-0.1, -0.05) is 30.3 Å². The number of anilines is 1. The summed E-state index contributed by atoms with van der Waals surface area (Å²) in [5.74, 6) is 0.560. The van der Waals surface area contributed by atoms with E-state index in [2.05, 4.69) is 17.0 Å². The molecule has 0 aromatic heterocycles. The van der Waals surface area contributed by atoms with Crippen LogP contribution in [0.15, 0.2) is 54.6 Å². The summed E-state index contributed by atoms with van der Waals surface area (Å²) >= 11 is 1.47. The average Bonchev–Trinajstić information content (AvgIpc) is 3.02. The van der Waals surface area contributed by atoms with Crippen molar-refractivity contribution in [3.05, 3.63) is 65.7 Å². The van der Waals surface area contributed by atoms with Crippen molar-refractivity contribution in [3.63, 3.8) is 0 Å². The van der Waals surface area contributed by atoms with E-state index in [4.69, 9.17) is 0 Å².